The van der Waals surface area contributed by atoms with E-state index in [9.17, 15) is 43.2 Å². The van der Waals surface area contributed by atoms with Gasteiger partial charge in [0.2, 0.25) is 0 Å². The predicted molar refractivity (Wildman–Crippen MR) is 414 cm³/mol. The maximum atomic E-state index is 13.1. The fourth-order valence-electron chi connectivity index (χ4n) is 12.8. The van der Waals surface area contributed by atoms with E-state index in [1.54, 1.807) is 0 Å². The van der Waals surface area contributed by atoms with Gasteiger partial charge in [0.25, 0.3) is 0 Å². The molecule has 0 aromatic heterocycles. The highest BCUT2D eigenvalue weighted by molar-refractivity contribution is 7.47. The van der Waals surface area contributed by atoms with E-state index in [4.69, 9.17) is 37.0 Å². The Labute approximate surface area is 619 Å². The summed E-state index contributed by atoms with van der Waals surface area (Å²) in [5, 5.41) is 10.6. The number of aliphatic hydroxyl groups excluding tert-OH is 1. The topological polar surface area (TPSA) is 237 Å². The summed E-state index contributed by atoms with van der Waals surface area (Å²) in [5.74, 6) is -1.37. The second-order valence-corrected chi connectivity index (χ2v) is 32.9. The van der Waals surface area contributed by atoms with Crippen LogP contribution in [0, 0.1) is 5.92 Å². The van der Waals surface area contributed by atoms with Gasteiger partial charge in [0.05, 0.1) is 26.4 Å². The van der Waals surface area contributed by atoms with Gasteiger partial charge in [0.1, 0.15) is 19.3 Å². The van der Waals surface area contributed by atoms with Crippen LogP contribution in [0.3, 0.4) is 0 Å². The Morgan fingerprint density at radius 1 is 0.267 bits per heavy atom. The first-order valence-corrected chi connectivity index (χ1v) is 45.6. The maximum Gasteiger partial charge on any atom is 0.472 e. The van der Waals surface area contributed by atoms with E-state index in [-0.39, 0.29) is 25.7 Å². The van der Waals surface area contributed by atoms with Crippen LogP contribution in [0.15, 0.2) is 0 Å². The Morgan fingerprint density at radius 2 is 0.455 bits per heavy atom. The third-order valence-electron chi connectivity index (χ3n) is 19.3. The predicted octanol–water partition coefficient (Wildman–Crippen LogP) is 24.8. The van der Waals surface area contributed by atoms with Gasteiger partial charge in [-0.25, -0.2) is 9.13 Å². The van der Waals surface area contributed by atoms with Crippen molar-refractivity contribution in [3.63, 3.8) is 0 Å². The largest absolute Gasteiger partial charge is 0.472 e. The van der Waals surface area contributed by atoms with Crippen LogP contribution in [0.25, 0.3) is 0 Å². The zero-order chi connectivity index (χ0) is 74.1. The van der Waals surface area contributed by atoms with E-state index < -0.39 is 97.5 Å². The van der Waals surface area contributed by atoms with Crippen molar-refractivity contribution in [2.24, 2.45) is 5.92 Å². The standard InChI is InChI=1S/C82H160O17P2/c1-6-9-12-15-18-21-24-26-28-30-31-32-33-34-35-37-39-42-47-52-57-62-67-81(86)98-77(71-93-80(85)66-61-56-51-46-41-38-36-29-27-25-22-19-16-13-10-7-2)73-96-100(88,89)94-69-76(83)70-95-101(90,91)97-74-78(72-92-79(84)65-60-55-50-45-40-23-20-17-14-11-8-3)99-82(87)68-63-58-53-48-43-44-49-54-59-64-75(4)5/h75-78,83H,6-74H2,1-5H3,(H,88,89)(H,90,91)/t76-,77-,78-/m1/s1. The van der Waals surface area contributed by atoms with E-state index in [0.29, 0.717) is 25.7 Å². The van der Waals surface area contributed by atoms with Crippen LogP contribution >= 0.6 is 15.6 Å². The molecule has 0 spiro atoms. The van der Waals surface area contributed by atoms with Gasteiger partial charge in [-0.2, -0.15) is 0 Å². The Kier molecular flexibility index (Phi) is 73.5. The number of rotatable bonds is 82. The number of carbonyl (C=O) groups excluding carboxylic acids is 4. The van der Waals surface area contributed by atoms with E-state index in [1.165, 1.54) is 263 Å². The minimum Gasteiger partial charge on any atom is -0.462 e. The Morgan fingerprint density at radius 3 is 0.673 bits per heavy atom. The van der Waals surface area contributed by atoms with Gasteiger partial charge in [0.15, 0.2) is 12.2 Å². The van der Waals surface area contributed by atoms with Crippen LogP contribution < -0.4 is 0 Å². The molecule has 0 aromatic rings. The molecule has 0 aromatic carbocycles. The maximum absolute atomic E-state index is 13.1. The molecule has 2 unspecified atom stereocenters. The lowest BCUT2D eigenvalue weighted by molar-refractivity contribution is -0.161. The summed E-state index contributed by atoms with van der Waals surface area (Å²) in [6.07, 6.45) is 66.7. The fraction of sp³-hybridized carbons (Fsp3) is 0.951. The fourth-order valence-corrected chi connectivity index (χ4v) is 14.3. The molecule has 19 heteroatoms. The van der Waals surface area contributed by atoms with Crippen LogP contribution in [-0.2, 0) is 65.4 Å². The summed E-state index contributed by atoms with van der Waals surface area (Å²) >= 11 is 0. The second kappa shape index (κ2) is 74.9. The van der Waals surface area contributed by atoms with Crippen LogP contribution in [0.1, 0.15) is 439 Å². The number of carbonyl (C=O) groups is 4. The minimum atomic E-state index is -4.96. The van der Waals surface area contributed by atoms with Crippen LogP contribution in [-0.4, -0.2) is 96.7 Å². The van der Waals surface area contributed by atoms with Gasteiger partial charge in [-0.3, -0.25) is 37.3 Å². The number of ether oxygens (including phenoxy) is 4. The van der Waals surface area contributed by atoms with E-state index in [2.05, 4.69) is 34.6 Å². The molecular weight excluding hydrogens is 1320 g/mol. The number of unbranched alkanes of at least 4 members (excludes halogenated alkanes) is 54. The van der Waals surface area contributed by atoms with E-state index in [1.807, 2.05) is 0 Å². The molecule has 5 atom stereocenters. The zero-order valence-electron chi connectivity index (χ0n) is 66.1. The zero-order valence-corrected chi connectivity index (χ0v) is 67.8. The normalized spacial score (nSPS) is 13.8. The van der Waals surface area contributed by atoms with Gasteiger partial charge < -0.3 is 33.8 Å². The molecule has 0 aliphatic rings. The number of aliphatic hydroxyl groups is 1. The molecule has 0 saturated heterocycles. The average molecular weight is 1480 g/mol. The Hall–Kier alpha value is -1.94. The summed E-state index contributed by atoms with van der Waals surface area (Å²) < 4.78 is 68.7. The number of phosphoric acid groups is 2. The second-order valence-electron chi connectivity index (χ2n) is 30.0. The first-order chi connectivity index (χ1) is 49.0. The molecule has 0 fully saturated rings. The van der Waals surface area contributed by atoms with Gasteiger partial charge >= 0.3 is 39.5 Å². The molecule has 0 heterocycles. The molecule has 0 bridgehead atoms. The minimum absolute atomic E-state index is 0.106. The molecule has 0 aliphatic carbocycles. The van der Waals surface area contributed by atoms with Crippen molar-refractivity contribution < 1.29 is 80.2 Å². The number of hydrogen-bond donors (Lipinski definition) is 3. The molecule has 0 amide bonds. The van der Waals surface area contributed by atoms with E-state index in [0.717, 1.165) is 95.8 Å². The highest BCUT2D eigenvalue weighted by Gasteiger charge is 2.30. The molecule has 0 aliphatic heterocycles. The van der Waals surface area contributed by atoms with Gasteiger partial charge in [-0.1, -0.05) is 388 Å². The van der Waals surface area contributed by atoms with Crippen molar-refractivity contribution in [1.82, 2.24) is 0 Å². The van der Waals surface area contributed by atoms with Crippen LogP contribution in [0.4, 0.5) is 0 Å². The molecule has 0 radical (unpaired) electrons. The first-order valence-electron chi connectivity index (χ1n) is 42.6. The number of phosphoric ester groups is 2. The average Bonchev–Trinajstić information content (AvgIpc) is 1.01. The molecule has 0 saturated carbocycles. The molecule has 0 rings (SSSR count). The smallest absolute Gasteiger partial charge is 0.462 e. The highest BCUT2D eigenvalue weighted by Crippen LogP contribution is 2.45. The first kappa shape index (κ1) is 99.1. The van der Waals surface area contributed by atoms with Gasteiger partial charge in [-0.15, -0.1) is 0 Å². The number of hydrogen-bond acceptors (Lipinski definition) is 15. The molecule has 101 heavy (non-hydrogen) atoms. The van der Waals surface area contributed by atoms with Crippen molar-refractivity contribution in [2.45, 2.75) is 457 Å². The molecular formula is C82H160O17P2. The summed E-state index contributed by atoms with van der Waals surface area (Å²) in [7, 11) is -9.92. The monoisotopic (exact) mass is 1480 g/mol. The molecule has 600 valence electrons. The lowest BCUT2D eigenvalue weighted by Crippen LogP contribution is -2.30. The Balaban J connectivity index is 5.21. The van der Waals surface area contributed by atoms with Crippen molar-refractivity contribution in [2.75, 3.05) is 39.6 Å². The third-order valence-corrected chi connectivity index (χ3v) is 21.2. The number of esters is 4. The van der Waals surface area contributed by atoms with Crippen molar-refractivity contribution in [3.05, 3.63) is 0 Å². The van der Waals surface area contributed by atoms with Crippen molar-refractivity contribution in [3.8, 4) is 0 Å². The SMILES string of the molecule is CCCCCCCCCCCCCCCCCCCCCCCCC(=O)O[C@H](COC(=O)CCCCCCCCCCCCCCCCCC)COP(=O)(O)OC[C@@H](O)COP(=O)(O)OC[C@@H](COC(=O)CCCCCCCCCCCCC)OC(=O)CCCCCCCCCCCC(C)C. The van der Waals surface area contributed by atoms with Crippen molar-refractivity contribution >= 4 is 39.5 Å². The summed E-state index contributed by atoms with van der Waals surface area (Å²) in [6, 6.07) is 0. The summed E-state index contributed by atoms with van der Waals surface area (Å²) in [6.45, 7) is 7.30. The molecule has 3 N–H and O–H groups in total. The van der Waals surface area contributed by atoms with E-state index >= 15 is 0 Å². The summed E-state index contributed by atoms with van der Waals surface area (Å²) in [4.78, 5) is 73.0. The van der Waals surface area contributed by atoms with Crippen LogP contribution in [0.5, 0.6) is 0 Å². The lowest BCUT2D eigenvalue weighted by atomic mass is 10.0. The third kappa shape index (κ3) is 76.1. The quantitative estimate of drug-likeness (QED) is 0.0222. The highest BCUT2D eigenvalue weighted by atomic mass is 31.2. The van der Waals surface area contributed by atoms with Crippen molar-refractivity contribution in [1.29, 1.82) is 0 Å². The molecule has 17 nitrogen and oxygen atoms in total. The Bertz CT molecular complexity index is 1930. The summed E-state index contributed by atoms with van der Waals surface area (Å²) in [5.41, 5.74) is 0. The van der Waals surface area contributed by atoms with Gasteiger partial charge in [0, 0.05) is 25.7 Å². The lowest BCUT2D eigenvalue weighted by Gasteiger charge is -2.21. The van der Waals surface area contributed by atoms with Gasteiger partial charge in [-0.05, 0) is 31.6 Å². The van der Waals surface area contributed by atoms with Crippen LogP contribution in [0.2, 0.25) is 0 Å².